The van der Waals surface area contributed by atoms with Crippen LogP contribution in [0.5, 0.6) is 0 Å². The average Bonchev–Trinajstić information content (AvgIpc) is 2.14. The molecule has 0 bridgehead atoms. The minimum atomic E-state index is -2.13. The van der Waals surface area contributed by atoms with E-state index < -0.39 is 25.8 Å². The fourth-order valence-corrected chi connectivity index (χ4v) is 0.136. The predicted molar refractivity (Wildman–Crippen MR) is 71.1 cm³/mol. The lowest BCUT2D eigenvalue weighted by Gasteiger charge is -2.31. The SMILES string of the molecule is CC(C)(O)C(C)(C)O.OB(O)OB(O)O.O[B]O[B]O. The fourth-order valence-electron chi connectivity index (χ4n) is 0.136. The van der Waals surface area contributed by atoms with E-state index >= 15 is 0 Å². The zero-order chi connectivity index (χ0) is 17.0. The summed E-state index contributed by atoms with van der Waals surface area (Å²) in [6, 6.07) is 0. The topological polar surface area (TPSA) is 180 Å². The van der Waals surface area contributed by atoms with Gasteiger partial charge in [-0.1, -0.05) is 0 Å². The van der Waals surface area contributed by atoms with E-state index in [2.05, 4.69) is 9.14 Å². The molecule has 0 aromatic rings. The van der Waals surface area contributed by atoms with Crippen LogP contribution < -0.4 is 0 Å². The smallest absolute Gasteiger partial charge is 0.456 e. The summed E-state index contributed by atoms with van der Waals surface area (Å²) in [7, 11) is -3.50. The maximum Gasteiger partial charge on any atom is 0.621 e. The quantitative estimate of drug-likeness (QED) is 0.230. The Bertz CT molecular complexity index is 183. The van der Waals surface area contributed by atoms with Gasteiger partial charge < -0.3 is 49.5 Å². The summed E-state index contributed by atoms with van der Waals surface area (Å²) in [5.41, 5.74) is -2.01. The van der Waals surface area contributed by atoms with Crippen LogP contribution in [0.15, 0.2) is 0 Å². The molecule has 8 N–H and O–H groups in total. The van der Waals surface area contributed by atoms with Gasteiger partial charge in [0.2, 0.25) is 0 Å². The van der Waals surface area contributed by atoms with E-state index in [1.165, 1.54) is 0 Å². The van der Waals surface area contributed by atoms with Crippen LogP contribution in [0.1, 0.15) is 27.7 Å². The Hall–Kier alpha value is -0.140. The van der Waals surface area contributed by atoms with E-state index in [-0.39, 0.29) is 0 Å². The van der Waals surface area contributed by atoms with Crippen LogP contribution in [-0.2, 0) is 9.14 Å². The number of hydrogen-bond donors (Lipinski definition) is 8. The lowest BCUT2D eigenvalue weighted by atomic mass is 9.90. The Kier molecular flexibility index (Phi) is 15.6. The highest BCUT2D eigenvalue weighted by molar-refractivity contribution is 6.48. The molecule has 14 heteroatoms. The zero-order valence-electron chi connectivity index (χ0n) is 11.7. The fraction of sp³-hybridized carbons (Fsp3) is 1.00. The lowest BCUT2D eigenvalue weighted by molar-refractivity contribution is -0.107. The van der Waals surface area contributed by atoms with E-state index in [9.17, 15) is 0 Å². The molecule has 116 valence electrons. The molecule has 0 aliphatic rings. The first-order valence-corrected chi connectivity index (χ1v) is 5.19. The average molecular weight is 295 g/mol. The van der Waals surface area contributed by atoms with Crippen molar-refractivity contribution in [2.24, 2.45) is 0 Å². The second-order valence-electron chi connectivity index (χ2n) is 4.25. The van der Waals surface area contributed by atoms with Crippen LogP contribution in [0.25, 0.3) is 0 Å². The third kappa shape index (κ3) is 23.0. The van der Waals surface area contributed by atoms with Crippen molar-refractivity contribution in [2.45, 2.75) is 38.9 Å². The van der Waals surface area contributed by atoms with Crippen molar-refractivity contribution in [1.29, 1.82) is 0 Å². The molecule has 0 spiro atoms. The molecule has 20 heavy (non-hydrogen) atoms. The molecule has 0 aromatic carbocycles. The van der Waals surface area contributed by atoms with Gasteiger partial charge in [-0.15, -0.1) is 0 Å². The van der Waals surface area contributed by atoms with E-state index in [0.29, 0.717) is 15.4 Å². The summed E-state index contributed by atoms with van der Waals surface area (Å²) < 4.78 is 7.17. The predicted octanol–water partition coefficient (Wildman–Crippen LogP) is -4.47. The monoisotopic (exact) mass is 296 g/mol. The van der Waals surface area contributed by atoms with Crippen molar-refractivity contribution in [3.63, 3.8) is 0 Å². The molecule has 2 radical (unpaired) electrons. The second-order valence-corrected chi connectivity index (χ2v) is 4.25. The van der Waals surface area contributed by atoms with Crippen molar-refractivity contribution < 1.29 is 49.5 Å². The van der Waals surface area contributed by atoms with Gasteiger partial charge in [-0.2, -0.15) is 0 Å². The van der Waals surface area contributed by atoms with E-state index in [1.54, 1.807) is 27.7 Å². The highest BCUT2D eigenvalue weighted by Gasteiger charge is 2.31. The van der Waals surface area contributed by atoms with Crippen LogP contribution in [0.3, 0.4) is 0 Å². The number of aliphatic hydroxyl groups is 2. The van der Waals surface area contributed by atoms with Crippen LogP contribution in [0, 0.1) is 0 Å². The Balaban J connectivity index is -0.000000223. The first-order valence-electron chi connectivity index (χ1n) is 5.19. The summed E-state index contributed by atoms with van der Waals surface area (Å²) in [5.74, 6) is 0. The van der Waals surface area contributed by atoms with Gasteiger partial charge >= 0.3 is 30.0 Å². The number of rotatable bonds is 5. The minimum absolute atomic E-state index is 0.375. The number of hydrogen-bond acceptors (Lipinski definition) is 10. The van der Waals surface area contributed by atoms with Gasteiger partial charge in [-0.25, -0.2) is 0 Å². The molecule has 0 saturated carbocycles. The van der Waals surface area contributed by atoms with Crippen LogP contribution >= 0.6 is 0 Å². The van der Waals surface area contributed by atoms with E-state index in [4.69, 9.17) is 40.4 Å². The summed E-state index contributed by atoms with van der Waals surface area (Å²) in [6.07, 6.45) is 0. The molecular formula is C6H20B4O10. The van der Waals surface area contributed by atoms with Gasteiger partial charge in [0.05, 0.1) is 11.2 Å². The van der Waals surface area contributed by atoms with Crippen molar-refractivity contribution in [2.75, 3.05) is 0 Å². The third-order valence-electron chi connectivity index (χ3n) is 1.86. The van der Waals surface area contributed by atoms with Crippen LogP contribution in [0.4, 0.5) is 0 Å². The van der Waals surface area contributed by atoms with Gasteiger partial charge in [0.25, 0.3) is 0 Å². The van der Waals surface area contributed by atoms with Crippen LogP contribution in [0.2, 0.25) is 0 Å². The molecule has 0 aliphatic heterocycles. The minimum Gasteiger partial charge on any atom is -0.456 e. The van der Waals surface area contributed by atoms with Crippen molar-refractivity contribution >= 4 is 30.0 Å². The van der Waals surface area contributed by atoms with Gasteiger partial charge in [-0.05, 0) is 27.7 Å². The summed E-state index contributed by atoms with van der Waals surface area (Å²) >= 11 is 0. The molecule has 0 fully saturated rings. The Morgan fingerprint density at radius 1 is 0.750 bits per heavy atom. The third-order valence-corrected chi connectivity index (χ3v) is 1.86. The Morgan fingerprint density at radius 3 is 1.00 bits per heavy atom. The maximum atomic E-state index is 9.10. The molecular weight excluding hydrogens is 275 g/mol. The zero-order valence-corrected chi connectivity index (χ0v) is 11.7. The summed E-state index contributed by atoms with van der Waals surface area (Å²) in [5, 5.41) is 64.2. The molecule has 0 unspecified atom stereocenters. The molecule has 0 atom stereocenters. The maximum absolute atomic E-state index is 9.10. The standard InChI is InChI=1S/C6H14O2.B2H4O5.B2H2O3/c1-5(2,7)6(3,4)8;3-1(4)7-2(5)6;3-1-5-2-4/h7-8H,1-4H3;3-6H;3-4H. The molecule has 10 nitrogen and oxygen atoms in total. The summed E-state index contributed by atoms with van der Waals surface area (Å²) in [4.78, 5) is 0. The van der Waals surface area contributed by atoms with Crippen LogP contribution in [-0.4, -0.2) is 81.6 Å². The van der Waals surface area contributed by atoms with Crippen molar-refractivity contribution in [3.8, 4) is 0 Å². The Labute approximate surface area is 119 Å². The molecule has 0 heterocycles. The normalized spacial score (nSPS) is 10.4. The Morgan fingerprint density at radius 2 is 1.00 bits per heavy atom. The largest absolute Gasteiger partial charge is 0.621 e. The molecule has 0 aliphatic carbocycles. The van der Waals surface area contributed by atoms with Gasteiger partial charge in [-0.3, -0.25) is 0 Å². The first kappa shape index (κ1) is 24.9. The van der Waals surface area contributed by atoms with Crippen molar-refractivity contribution in [1.82, 2.24) is 0 Å². The van der Waals surface area contributed by atoms with E-state index in [0.717, 1.165) is 0 Å². The first-order chi connectivity index (χ1) is 8.79. The molecule has 0 aromatic heterocycles. The lowest BCUT2D eigenvalue weighted by Crippen LogP contribution is -2.44. The van der Waals surface area contributed by atoms with Gasteiger partial charge in [0.1, 0.15) is 0 Å². The molecule has 0 amide bonds. The van der Waals surface area contributed by atoms with Crippen molar-refractivity contribution in [3.05, 3.63) is 0 Å². The van der Waals surface area contributed by atoms with Gasteiger partial charge in [0, 0.05) is 0 Å². The molecule has 0 rings (SSSR count). The second kappa shape index (κ2) is 12.6. The highest BCUT2D eigenvalue weighted by atomic mass is 16.7. The molecule has 0 saturated heterocycles. The van der Waals surface area contributed by atoms with E-state index in [1.807, 2.05) is 0 Å². The van der Waals surface area contributed by atoms with Gasteiger partial charge in [0.15, 0.2) is 0 Å². The summed E-state index contributed by atoms with van der Waals surface area (Å²) in [6.45, 7) is 6.31. The highest BCUT2D eigenvalue weighted by Crippen LogP contribution is 2.19.